The number of nitrogens with one attached hydrogen (secondary N) is 1. The van der Waals surface area contributed by atoms with Gasteiger partial charge in [-0.15, -0.1) is 0 Å². The number of piperazine rings is 1. The molecule has 1 aliphatic rings. The number of rotatable bonds is 7. The first-order chi connectivity index (χ1) is 13.6. The Balaban J connectivity index is 1.44. The Morgan fingerprint density at radius 1 is 1.00 bits per heavy atom. The van der Waals surface area contributed by atoms with E-state index in [1.165, 1.54) is 12.1 Å². The highest BCUT2D eigenvalue weighted by atomic mass is 19.1. The van der Waals surface area contributed by atoms with Gasteiger partial charge in [-0.25, -0.2) is 4.39 Å². The number of carbonyl (C=O) groups is 1. The Kier molecular flexibility index (Phi) is 6.71. The van der Waals surface area contributed by atoms with Crippen LogP contribution in [0.5, 0.6) is 11.5 Å². The summed E-state index contributed by atoms with van der Waals surface area (Å²) in [5, 5.41) is 2.95. The van der Waals surface area contributed by atoms with Crippen LogP contribution >= 0.6 is 0 Å². The van der Waals surface area contributed by atoms with Crippen LogP contribution < -0.4 is 19.7 Å². The monoisotopic (exact) mass is 387 g/mol. The van der Waals surface area contributed by atoms with Crippen LogP contribution in [0.1, 0.15) is 10.4 Å². The summed E-state index contributed by atoms with van der Waals surface area (Å²) in [4.78, 5) is 17.0. The second-order valence-corrected chi connectivity index (χ2v) is 6.66. The molecular formula is C21H26FN3O3. The number of halogens is 1. The molecule has 0 unspecified atom stereocenters. The fraction of sp³-hybridized carbons (Fsp3) is 0.381. The molecule has 0 radical (unpaired) electrons. The van der Waals surface area contributed by atoms with Crippen molar-refractivity contribution in [3.05, 3.63) is 53.8 Å². The third kappa shape index (κ3) is 5.13. The Bertz CT molecular complexity index is 768. The van der Waals surface area contributed by atoms with Gasteiger partial charge in [-0.1, -0.05) is 0 Å². The van der Waals surface area contributed by atoms with Gasteiger partial charge in [0.15, 0.2) is 0 Å². The number of nitrogens with zero attached hydrogens (tertiary/aromatic N) is 2. The van der Waals surface area contributed by atoms with Gasteiger partial charge in [0.05, 0.1) is 14.2 Å². The lowest BCUT2D eigenvalue weighted by Crippen LogP contribution is -2.48. The SMILES string of the molecule is COc1cc(OC)cc(C(=O)NCCN2CCN(c3ccc(F)cc3)CC2)c1. The number of ether oxygens (including phenoxy) is 2. The molecule has 0 bridgehead atoms. The van der Waals surface area contributed by atoms with E-state index in [0.29, 0.717) is 23.6 Å². The summed E-state index contributed by atoms with van der Waals surface area (Å²) in [5.74, 6) is 0.803. The minimum Gasteiger partial charge on any atom is -0.497 e. The standard InChI is InChI=1S/C21H26FN3O3/c1-27-19-13-16(14-20(15-19)28-2)21(26)23-7-8-24-9-11-25(12-10-24)18-5-3-17(22)4-6-18/h3-6,13-15H,7-12H2,1-2H3,(H,23,26). The van der Waals surface area contributed by atoms with Crippen LogP contribution in [0.25, 0.3) is 0 Å². The van der Waals surface area contributed by atoms with E-state index in [0.717, 1.165) is 38.4 Å². The maximum atomic E-state index is 13.1. The molecule has 1 saturated heterocycles. The number of methoxy groups -OCH3 is 2. The molecule has 0 atom stereocenters. The van der Waals surface area contributed by atoms with Crippen molar-refractivity contribution >= 4 is 11.6 Å². The zero-order chi connectivity index (χ0) is 19.9. The van der Waals surface area contributed by atoms with Crippen molar-refractivity contribution in [3.8, 4) is 11.5 Å². The minimum atomic E-state index is -0.216. The molecule has 0 spiro atoms. The largest absolute Gasteiger partial charge is 0.497 e. The molecule has 1 amide bonds. The number of benzene rings is 2. The molecular weight excluding hydrogens is 361 g/mol. The van der Waals surface area contributed by atoms with Gasteiger partial charge in [0.25, 0.3) is 5.91 Å². The predicted octanol–water partition coefficient (Wildman–Crippen LogP) is 2.39. The molecule has 3 rings (SSSR count). The van der Waals surface area contributed by atoms with Crippen molar-refractivity contribution in [2.24, 2.45) is 0 Å². The lowest BCUT2D eigenvalue weighted by Gasteiger charge is -2.36. The number of amides is 1. The predicted molar refractivity (Wildman–Crippen MR) is 107 cm³/mol. The van der Waals surface area contributed by atoms with E-state index in [1.54, 1.807) is 32.4 Å². The lowest BCUT2D eigenvalue weighted by molar-refractivity contribution is 0.0947. The number of carbonyl (C=O) groups excluding carboxylic acids is 1. The van der Waals surface area contributed by atoms with E-state index in [9.17, 15) is 9.18 Å². The molecule has 7 heteroatoms. The molecule has 150 valence electrons. The van der Waals surface area contributed by atoms with Crippen LogP contribution in [0.4, 0.5) is 10.1 Å². The van der Waals surface area contributed by atoms with E-state index >= 15 is 0 Å². The van der Waals surface area contributed by atoms with Crippen LogP contribution in [0.3, 0.4) is 0 Å². The summed E-state index contributed by atoms with van der Waals surface area (Å²) in [6, 6.07) is 11.7. The summed E-state index contributed by atoms with van der Waals surface area (Å²) >= 11 is 0. The van der Waals surface area contributed by atoms with Gasteiger partial charge in [-0.05, 0) is 36.4 Å². The first-order valence-corrected chi connectivity index (χ1v) is 9.33. The molecule has 1 N–H and O–H groups in total. The van der Waals surface area contributed by atoms with E-state index in [1.807, 2.05) is 12.1 Å². The molecule has 28 heavy (non-hydrogen) atoms. The Labute approximate surface area is 164 Å². The van der Waals surface area contributed by atoms with Crippen molar-refractivity contribution in [3.63, 3.8) is 0 Å². The van der Waals surface area contributed by atoms with Crippen molar-refractivity contribution in [2.75, 3.05) is 58.4 Å². The summed E-state index contributed by atoms with van der Waals surface area (Å²) in [5.41, 5.74) is 1.55. The quantitative estimate of drug-likeness (QED) is 0.791. The summed E-state index contributed by atoms with van der Waals surface area (Å²) in [6.45, 7) is 4.92. The Morgan fingerprint density at radius 3 is 2.18 bits per heavy atom. The molecule has 0 aromatic heterocycles. The Morgan fingerprint density at radius 2 is 1.61 bits per heavy atom. The molecule has 2 aromatic carbocycles. The van der Waals surface area contributed by atoms with E-state index in [4.69, 9.17) is 9.47 Å². The molecule has 1 aliphatic heterocycles. The van der Waals surface area contributed by atoms with Gasteiger partial charge in [0.1, 0.15) is 17.3 Å². The van der Waals surface area contributed by atoms with Gasteiger partial charge in [0, 0.05) is 56.6 Å². The molecule has 1 fully saturated rings. The maximum absolute atomic E-state index is 13.1. The third-order valence-electron chi connectivity index (χ3n) is 4.89. The topological polar surface area (TPSA) is 54.0 Å². The number of hydrogen-bond donors (Lipinski definition) is 1. The summed E-state index contributed by atoms with van der Waals surface area (Å²) < 4.78 is 23.5. The van der Waals surface area contributed by atoms with Crippen LogP contribution in [0.15, 0.2) is 42.5 Å². The zero-order valence-corrected chi connectivity index (χ0v) is 16.3. The van der Waals surface area contributed by atoms with E-state index in [-0.39, 0.29) is 11.7 Å². The summed E-state index contributed by atoms with van der Waals surface area (Å²) in [6.07, 6.45) is 0. The third-order valence-corrected chi connectivity index (χ3v) is 4.89. The summed E-state index contributed by atoms with van der Waals surface area (Å²) in [7, 11) is 3.12. The van der Waals surface area contributed by atoms with Crippen LogP contribution in [-0.2, 0) is 0 Å². The molecule has 0 saturated carbocycles. The highest BCUT2D eigenvalue weighted by Crippen LogP contribution is 2.22. The molecule has 6 nitrogen and oxygen atoms in total. The molecule has 0 aliphatic carbocycles. The second kappa shape index (κ2) is 9.41. The van der Waals surface area contributed by atoms with E-state index < -0.39 is 0 Å². The van der Waals surface area contributed by atoms with Crippen LogP contribution in [-0.4, -0.2) is 64.3 Å². The Hall–Kier alpha value is -2.80. The average Bonchev–Trinajstić information content (AvgIpc) is 2.74. The fourth-order valence-electron chi connectivity index (χ4n) is 3.25. The number of anilines is 1. The first-order valence-electron chi connectivity index (χ1n) is 9.33. The van der Waals surface area contributed by atoms with Crippen molar-refractivity contribution in [1.29, 1.82) is 0 Å². The molecule has 1 heterocycles. The second-order valence-electron chi connectivity index (χ2n) is 6.66. The normalized spacial score (nSPS) is 14.6. The minimum absolute atomic E-state index is 0.151. The molecule has 2 aromatic rings. The van der Waals surface area contributed by atoms with Gasteiger partial charge in [0.2, 0.25) is 0 Å². The maximum Gasteiger partial charge on any atom is 0.251 e. The zero-order valence-electron chi connectivity index (χ0n) is 16.3. The highest BCUT2D eigenvalue weighted by molar-refractivity contribution is 5.95. The fourth-order valence-corrected chi connectivity index (χ4v) is 3.25. The van der Waals surface area contributed by atoms with Gasteiger partial charge < -0.3 is 19.7 Å². The van der Waals surface area contributed by atoms with Crippen LogP contribution in [0.2, 0.25) is 0 Å². The van der Waals surface area contributed by atoms with E-state index in [2.05, 4.69) is 15.1 Å². The first kappa shape index (κ1) is 19.9. The smallest absolute Gasteiger partial charge is 0.251 e. The average molecular weight is 387 g/mol. The van der Waals surface area contributed by atoms with Gasteiger partial charge in [-0.2, -0.15) is 0 Å². The van der Waals surface area contributed by atoms with Crippen LogP contribution in [0, 0.1) is 5.82 Å². The van der Waals surface area contributed by atoms with Gasteiger partial charge >= 0.3 is 0 Å². The van der Waals surface area contributed by atoms with Crippen molar-refractivity contribution in [2.45, 2.75) is 0 Å². The number of hydrogen-bond acceptors (Lipinski definition) is 5. The van der Waals surface area contributed by atoms with Crippen molar-refractivity contribution < 1.29 is 18.7 Å². The van der Waals surface area contributed by atoms with Gasteiger partial charge in [-0.3, -0.25) is 9.69 Å². The van der Waals surface area contributed by atoms with Crippen molar-refractivity contribution in [1.82, 2.24) is 10.2 Å². The highest BCUT2D eigenvalue weighted by Gasteiger charge is 2.17. The lowest BCUT2D eigenvalue weighted by atomic mass is 10.2.